The predicted molar refractivity (Wildman–Crippen MR) is 110 cm³/mol. The number of carbonyl (C=O) groups excluding carboxylic acids is 2. The third-order valence-electron chi connectivity index (χ3n) is 4.10. The van der Waals surface area contributed by atoms with Crippen LogP contribution in [-0.4, -0.2) is 44.9 Å². The van der Waals surface area contributed by atoms with Crippen LogP contribution in [0.25, 0.3) is 11.3 Å². The van der Waals surface area contributed by atoms with Gasteiger partial charge in [-0.3, -0.25) is 14.5 Å². The Morgan fingerprint density at radius 3 is 2.36 bits per heavy atom. The van der Waals surface area contributed by atoms with Crippen molar-refractivity contribution in [3.8, 4) is 11.3 Å². The molecule has 0 bridgehead atoms. The maximum absolute atomic E-state index is 12.2. The second-order valence-corrected chi connectivity index (χ2v) is 8.35. The number of ketones is 1. The van der Waals surface area contributed by atoms with E-state index < -0.39 is 11.6 Å². The molecule has 0 spiro atoms. The Hall–Kier alpha value is -2.74. The lowest BCUT2D eigenvalue weighted by Crippen LogP contribution is -2.47. The van der Waals surface area contributed by atoms with Gasteiger partial charge < -0.3 is 10.4 Å². The molecule has 150 valence electrons. The molecule has 1 aromatic heterocycles. The predicted octanol–water partition coefficient (Wildman–Crippen LogP) is 4.05. The zero-order chi connectivity index (χ0) is 20.9. The van der Waals surface area contributed by atoms with Gasteiger partial charge >= 0.3 is 6.09 Å². The number of aryl methyl sites for hydroxylation is 1. The summed E-state index contributed by atoms with van der Waals surface area (Å²) in [6.45, 7) is 6.63. The van der Waals surface area contributed by atoms with E-state index in [0.717, 1.165) is 21.7 Å². The number of thiazole rings is 1. The zero-order valence-corrected chi connectivity index (χ0v) is 17.3. The molecule has 7 nitrogen and oxygen atoms in total. The number of Topliss-reactive ketones (excluding diaryl/α,β-unsaturated/α-hetero) is 1. The van der Waals surface area contributed by atoms with Gasteiger partial charge in [0.25, 0.3) is 0 Å². The van der Waals surface area contributed by atoms with E-state index >= 15 is 0 Å². The Bertz CT molecular complexity index is 853. The maximum Gasteiger partial charge on any atom is 0.408 e. The summed E-state index contributed by atoms with van der Waals surface area (Å²) < 4.78 is 0. The Morgan fingerprint density at radius 1 is 1.18 bits per heavy atom. The number of hydrogen-bond donors (Lipinski definition) is 2. The van der Waals surface area contributed by atoms with Crippen molar-refractivity contribution in [3.63, 3.8) is 0 Å². The molecule has 2 N–H and O–H groups in total. The minimum Gasteiger partial charge on any atom is -0.465 e. The summed E-state index contributed by atoms with van der Waals surface area (Å²) in [5.74, 6) is -0.269. The summed E-state index contributed by atoms with van der Waals surface area (Å²) in [5.41, 5.74) is 2.07. The first-order chi connectivity index (χ1) is 13.1. The standard InChI is InChI=1S/C20H25N3O4S/c1-13(24)21-18-22-17(12-28-18)15-8-5-14(6-9-15)7-10-16(25)11-23(19(26)27)20(2,3)4/h5-6,8-9,12H,7,10-11H2,1-4H3,(H,26,27)(H,21,22,24). The first-order valence-electron chi connectivity index (χ1n) is 8.91. The van der Waals surface area contributed by atoms with Crippen LogP contribution in [0.15, 0.2) is 29.6 Å². The third kappa shape index (κ3) is 6.16. The van der Waals surface area contributed by atoms with Gasteiger partial charge in [-0.25, -0.2) is 9.78 Å². The number of carboxylic acid groups (broad SMARTS) is 1. The number of rotatable bonds is 7. The molecule has 0 radical (unpaired) electrons. The van der Waals surface area contributed by atoms with Crippen LogP contribution in [0, 0.1) is 0 Å². The van der Waals surface area contributed by atoms with E-state index in [0.29, 0.717) is 11.6 Å². The highest BCUT2D eigenvalue weighted by Crippen LogP contribution is 2.25. The molecule has 0 aliphatic carbocycles. The van der Waals surface area contributed by atoms with Gasteiger partial charge in [-0.2, -0.15) is 0 Å². The summed E-state index contributed by atoms with van der Waals surface area (Å²) >= 11 is 1.36. The number of benzene rings is 1. The van der Waals surface area contributed by atoms with Crippen LogP contribution < -0.4 is 5.32 Å². The second-order valence-electron chi connectivity index (χ2n) is 7.49. The number of amides is 2. The quantitative estimate of drug-likeness (QED) is 0.726. The molecule has 0 unspecified atom stereocenters. The average Bonchev–Trinajstić information content (AvgIpc) is 3.04. The molecule has 28 heavy (non-hydrogen) atoms. The van der Waals surface area contributed by atoms with E-state index in [1.54, 1.807) is 20.8 Å². The van der Waals surface area contributed by atoms with Crippen molar-refractivity contribution < 1.29 is 19.5 Å². The van der Waals surface area contributed by atoms with Crippen LogP contribution >= 0.6 is 11.3 Å². The number of hydrogen-bond acceptors (Lipinski definition) is 5. The fourth-order valence-electron chi connectivity index (χ4n) is 2.59. The fraction of sp³-hybridized carbons (Fsp3) is 0.400. The van der Waals surface area contributed by atoms with Crippen LogP contribution in [0.4, 0.5) is 9.93 Å². The number of anilines is 1. The van der Waals surface area contributed by atoms with E-state index in [1.165, 1.54) is 18.3 Å². The molecule has 0 aliphatic heterocycles. The van der Waals surface area contributed by atoms with Crippen molar-refractivity contribution in [2.45, 2.75) is 46.1 Å². The molecule has 2 amide bonds. The number of nitrogens with zero attached hydrogens (tertiary/aromatic N) is 2. The largest absolute Gasteiger partial charge is 0.465 e. The molecule has 1 heterocycles. The zero-order valence-electron chi connectivity index (χ0n) is 16.5. The lowest BCUT2D eigenvalue weighted by molar-refractivity contribution is -0.120. The molecule has 0 fully saturated rings. The second kappa shape index (κ2) is 8.97. The van der Waals surface area contributed by atoms with Crippen molar-refractivity contribution >= 4 is 34.3 Å². The molecule has 0 atom stereocenters. The normalized spacial score (nSPS) is 11.1. The lowest BCUT2D eigenvalue weighted by atomic mass is 10.0. The third-order valence-corrected chi connectivity index (χ3v) is 4.86. The van der Waals surface area contributed by atoms with E-state index in [4.69, 9.17) is 0 Å². The Kier molecular flexibility index (Phi) is 6.90. The van der Waals surface area contributed by atoms with Crippen LogP contribution in [0.2, 0.25) is 0 Å². The molecule has 0 aliphatic rings. The number of carbonyl (C=O) groups is 3. The van der Waals surface area contributed by atoms with E-state index in [-0.39, 0.29) is 24.7 Å². The molecule has 0 saturated heterocycles. The fourth-order valence-corrected chi connectivity index (χ4v) is 3.35. The van der Waals surface area contributed by atoms with Gasteiger partial charge in [0, 0.05) is 29.8 Å². The molecule has 1 aromatic carbocycles. The van der Waals surface area contributed by atoms with Gasteiger partial charge in [-0.15, -0.1) is 11.3 Å². The first-order valence-corrected chi connectivity index (χ1v) is 9.79. The van der Waals surface area contributed by atoms with E-state index in [1.807, 2.05) is 29.6 Å². The smallest absolute Gasteiger partial charge is 0.408 e. The lowest BCUT2D eigenvalue weighted by Gasteiger charge is -2.32. The minimum atomic E-state index is -1.09. The minimum absolute atomic E-state index is 0.109. The molecule has 8 heteroatoms. The van der Waals surface area contributed by atoms with Gasteiger partial charge in [0.2, 0.25) is 5.91 Å². The number of nitrogens with one attached hydrogen (secondary N) is 1. The highest BCUT2D eigenvalue weighted by atomic mass is 32.1. The van der Waals surface area contributed by atoms with Crippen LogP contribution in [-0.2, 0) is 16.0 Å². The highest BCUT2D eigenvalue weighted by molar-refractivity contribution is 7.14. The van der Waals surface area contributed by atoms with Crippen LogP contribution in [0.3, 0.4) is 0 Å². The van der Waals surface area contributed by atoms with Crippen LogP contribution in [0.1, 0.15) is 39.7 Å². The van der Waals surface area contributed by atoms with Gasteiger partial charge in [0.05, 0.1) is 12.2 Å². The highest BCUT2D eigenvalue weighted by Gasteiger charge is 2.27. The molecule has 2 aromatic rings. The first kappa shape index (κ1) is 21.6. The SMILES string of the molecule is CC(=O)Nc1nc(-c2ccc(CCC(=O)CN(C(=O)O)C(C)(C)C)cc2)cs1. The van der Waals surface area contributed by atoms with E-state index in [2.05, 4.69) is 10.3 Å². The summed E-state index contributed by atoms with van der Waals surface area (Å²) in [4.78, 5) is 40.2. The Morgan fingerprint density at radius 2 is 1.82 bits per heavy atom. The van der Waals surface area contributed by atoms with Crippen LogP contribution in [0.5, 0.6) is 0 Å². The average molecular weight is 404 g/mol. The summed E-state index contributed by atoms with van der Waals surface area (Å²) in [5, 5.41) is 14.4. The Balaban J connectivity index is 1.93. The van der Waals surface area contributed by atoms with Crippen molar-refractivity contribution in [2.75, 3.05) is 11.9 Å². The van der Waals surface area contributed by atoms with Crippen molar-refractivity contribution in [1.29, 1.82) is 0 Å². The molecule has 0 saturated carbocycles. The molecular formula is C20H25N3O4S. The van der Waals surface area contributed by atoms with Gasteiger partial charge in [-0.1, -0.05) is 24.3 Å². The molecular weight excluding hydrogens is 378 g/mol. The number of aromatic nitrogens is 1. The maximum atomic E-state index is 12.2. The monoisotopic (exact) mass is 403 g/mol. The van der Waals surface area contributed by atoms with Gasteiger partial charge in [0.15, 0.2) is 10.9 Å². The Labute approximate surface area is 168 Å². The summed E-state index contributed by atoms with van der Waals surface area (Å²) in [6.07, 6.45) is -0.264. The van der Waals surface area contributed by atoms with Crippen molar-refractivity contribution in [3.05, 3.63) is 35.2 Å². The van der Waals surface area contributed by atoms with Crippen molar-refractivity contribution in [2.24, 2.45) is 0 Å². The molecule has 2 rings (SSSR count). The van der Waals surface area contributed by atoms with Gasteiger partial charge in [0.1, 0.15) is 0 Å². The topological polar surface area (TPSA) is 99.6 Å². The van der Waals surface area contributed by atoms with Crippen molar-refractivity contribution in [1.82, 2.24) is 9.88 Å². The summed E-state index contributed by atoms with van der Waals surface area (Å²) in [7, 11) is 0. The van der Waals surface area contributed by atoms with E-state index in [9.17, 15) is 19.5 Å². The summed E-state index contributed by atoms with van der Waals surface area (Å²) in [6, 6.07) is 7.70. The van der Waals surface area contributed by atoms with Gasteiger partial charge in [-0.05, 0) is 32.8 Å².